The zero-order valence-corrected chi connectivity index (χ0v) is 11.9. The van der Waals surface area contributed by atoms with Gasteiger partial charge in [-0.05, 0) is 30.7 Å². The Bertz CT molecular complexity index is 644. The molecule has 0 saturated carbocycles. The van der Waals surface area contributed by atoms with Crippen LogP contribution in [-0.4, -0.2) is 28.6 Å². The molecule has 0 radical (unpaired) electrons. The Morgan fingerprint density at radius 3 is 2.73 bits per heavy atom. The molecule has 0 fully saturated rings. The fourth-order valence-electron chi connectivity index (χ4n) is 1.79. The van der Waals surface area contributed by atoms with Crippen molar-refractivity contribution < 1.29 is 19.4 Å². The molecule has 2 N–H and O–H groups in total. The van der Waals surface area contributed by atoms with Crippen molar-refractivity contribution in [1.82, 2.24) is 4.98 Å². The van der Waals surface area contributed by atoms with Crippen molar-refractivity contribution >= 4 is 17.6 Å². The molecule has 6 heteroatoms. The first kappa shape index (κ1) is 15.5. The van der Waals surface area contributed by atoms with Gasteiger partial charge in [0, 0.05) is 18.8 Å². The lowest BCUT2D eigenvalue weighted by molar-refractivity contribution is -0.137. The molecule has 0 unspecified atom stereocenters. The van der Waals surface area contributed by atoms with Gasteiger partial charge in [0.2, 0.25) is 0 Å². The van der Waals surface area contributed by atoms with Gasteiger partial charge in [-0.1, -0.05) is 12.1 Å². The van der Waals surface area contributed by atoms with Crippen LogP contribution in [0.25, 0.3) is 0 Å². The van der Waals surface area contributed by atoms with E-state index in [0.717, 1.165) is 0 Å². The Hall–Kier alpha value is -2.89. The number of benzene rings is 1. The molecule has 6 nitrogen and oxygen atoms in total. The van der Waals surface area contributed by atoms with Crippen molar-refractivity contribution in [3.8, 4) is 5.75 Å². The molecule has 0 aliphatic heterocycles. The minimum absolute atomic E-state index is 0.0458. The summed E-state index contributed by atoms with van der Waals surface area (Å²) in [6, 6.07) is 10.4. The smallest absolute Gasteiger partial charge is 0.303 e. The molecule has 1 amide bonds. The van der Waals surface area contributed by atoms with Crippen molar-refractivity contribution in [2.24, 2.45) is 0 Å². The van der Waals surface area contributed by atoms with Crippen LogP contribution >= 0.6 is 0 Å². The van der Waals surface area contributed by atoms with E-state index < -0.39 is 5.97 Å². The molecular weight excluding hydrogens is 284 g/mol. The summed E-state index contributed by atoms with van der Waals surface area (Å²) in [4.78, 5) is 26.5. The van der Waals surface area contributed by atoms with Crippen molar-refractivity contribution in [3.63, 3.8) is 0 Å². The van der Waals surface area contributed by atoms with E-state index in [9.17, 15) is 9.59 Å². The molecule has 1 aromatic carbocycles. The maximum Gasteiger partial charge on any atom is 0.303 e. The lowest BCUT2D eigenvalue weighted by Gasteiger charge is -2.12. The Kier molecular flexibility index (Phi) is 5.48. The molecule has 0 atom stereocenters. The predicted molar refractivity (Wildman–Crippen MR) is 81.0 cm³/mol. The summed E-state index contributed by atoms with van der Waals surface area (Å²) in [6.45, 7) is 0.270. The zero-order chi connectivity index (χ0) is 15.8. The Balaban J connectivity index is 1.99. The van der Waals surface area contributed by atoms with E-state index >= 15 is 0 Å². The van der Waals surface area contributed by atoms with E-state index in [2.05, 4.69) is 10.3 Å². The summed E-state index contributed by atoms with van der Waals surface area (Å²) in [5.74, 6) is -0.637. The summed E-state index contributed by atoms with van der Waals surface area (Å²) < 4.78 is 5.53. The number of carboxylic acids is 1. The SMILES string of the molecule is O=C(O)CCCOc1ccccc1NC(=O)c1cccnc1. The van der Waals surface area contributed by atoms with E-state index in [1.807, 2.05) is 0 Å². The molecule has 0 spiro atoms. The van der Waals surface area contributed by atoms with Crippen LogP contribution in [0.3, 0.4) is 0 Å². The fraction of sp³-hybridized carbons (Fsp3) is 0.188. The third-order valence-electron chi connectivity index (χ3n) is 2.85. The number of anilines is 1. The number of rotatable bonds is 7. The van der Waals surface area contributed by atoms with Crippen LogP contribution in [0.4, 0.5) is 5.69 Å². The minimum Gasteiger partial charge on any atom is -0.491 e. The number of carbonyl (C=O) groups excluding carboxylic acids is 1. The van der Waals surface area contributed by atoms with Crippen LogP contribution in [0.5, 0.6) is 5.75 Å². The standard InChI is InChI=1S/C16H16N2O4/c19-15(20)8-4-10-22-14-7-2-1-6-13(14)18-16(21)12-5-3-9-17-11-12/h1-3,5-7,9,11H,4,8,10H2,(H,18,21)(H,19,20). The second-order valence-corrected chi connectivity index (χ2v) is 4.54. The molecule has 2 aromatic rings. The predicted octanol–water partition coefficient (Wildman–Crippen LogP) is 2.58. The number of ether oxygens (including phenoxy) is 1. The van der Waals surface area contributed by atoms with E-state index in [4.69, 9.17) is 9.84 Å². The lowest BCUT2D eigenvalue weighted by atomic mass is 10.2. The van der Waals surface area contributed by atoms with Crippen LogP contribution in [0.1, 0.15) is 23.2 Å². The number of aliphatic carboxylic acids is 1. The van der Waals surface area contributed by atoms with Gasteiger partial charge < -0.3 is 15.2 Å². The van der Waals surface area contributed by atoms with Gasteiger partial charge in [0.25, 0.3) is 5.91 Å². The van der Waals surface area contributed by atoms with E-state index in [1.165, 1.54) is 6.20 Å². The molecule has 114 valence electrons. The number of carboxylic acid groups (broad SMARTS) is 1. The van der Waals surface area contributed by atoms with Crippen LogP contribution in [0.2, 0.25) is 0 Å². The number of nitrogens with one attached hydrogen (secondary N) is 1. The van der Waals surface area contributed by atoms with Crippen LogP contribution < -0.4 is 10.1 Å². The van der Waals surface area contributed by atoms with Crippen molar-refractivity contribution in [2.45, 2.75) is 12.8 Å². The van der Waals surface area contributed by atoms with Gasteiger partial charge in [-0.25, -0.2) is 0 Å². The van der Waals surface area contributed by atoms with Crippen molar-refractivity contribution in [3.05, 3.63) is 54.4 Å². The molecule has 0 saturated heterocycles. The van der Waals surface area contributed by atoms with Gasteiger partial charge in [0.1, 0.15) is 5.75 Å². The van der Waals surface area contributed by atoms with E-state index in [1.54, 1.807) is 42.6 Å². The fourth-order valence-corrected chi connectivity index (χ4v) is 1.79. The highest BCUT2D eigenvalue weighted by molar-refractivity contribution is 6.04. The summed E-state index contributed by atoms with van der Waals surface area (Å²) in [7, 11) is 0. The summed E-state index contributed by atoms with van der Waals surface area (Å²) >= 11 is 0. The zero-order valence-electron chi connectivity index (χ0n) is 11.9. The Labute approximate surface area is 127 Å². The third kappa shape index (κ3) is 4.59. The first-order valence-electron chi connectivity index (χ1n) is 6.82. The number of hydrogen-bond acceptors (Lipinski definition) is 4. The number of para-hydroxylation sites is 2. The molecular formula is C16H16N2O4. The van der Waals surface area contributed by atoms with Crippen LogP contribution in [-0.2, 0) is 4.79 Å². The number of amides is 1. The monoisotopic (exact) mass is 300 g/mol. The number of pyridine rings is 1. The maximum atomic E-state index is 12.1. The molecule has 2 rings (SSSR count). The first-order valence-corrected chi connectivity index (χ1v) is 6.82. The van der Waals surface area contributed by atoms with Crippen LogP contribution in [0, 0.1) is 0 Å². The number of carbonyl (C=O) groups is 2. The van der Waals surface area contributed by atoms with Crippen molar-refractivity contribution in [2.75, 3.05) is 11.9 Å². The highest BCUT2D eigenvalue weighted by Gasteiger charge is 2.09. The van der Waals surface area contributed by atoms with Gasteiger partial charge >= 0.3 is 5.97 Å². The first-order chi connectivity index (χ1) is 10.7. The van der Waals surface area contributed by atoms with Crippen molar-refractivity contribution in [1.29, 1.82) is 0 Å². The summed E-state index contributed by atoms with van der Waals surface area (Å²) in [6.07, 6.45) is 3.52. The number of aromatic nitrogens is 1. The maximum absolute atomic E-state index is 12.1. The largest absolute Gasteiger partial charge is 0.491 e. The Morgan fingerprint density at radius 1 is 1.18 bits per heavy atom. The molecule has 22 heavy (non-hydrogen) atoms. The van der Waals surface area contributed by atoms with Gasteiger partial charge in [0.05, 0.1) is 17.9 Å². The topological polar surface area (TPSA) is 88.5 Å². The normalized spacial score (nSPS) is 10.0. The average Bonchev–Trinajstić information content (AvgIpc) is 2.53. The van der Waals surface area contributed by atoms with E-state index in [-0.39, 0.29) is 18.9 Å². The Morgan fingerprint density at radius 2 is 2.00 bits per heavy atom. The van der Waals surface area contributed by atoms with Gasteiger partial charge in [-0.15, -0.1) is 0 Å². The lowest BCUT2D eigenvalue weighted by Crippen LogP contribution is -2.13. The quantitative estimate of drug-likeness (QED) is 0.767. The molecule has 1 aromatic heterocycles. The number of hydrogen-bond donors (Lipinski definition) is 2. The molecule has 1 heterocycles. The van der Waals surface area contributed by atoms with Gasteiger partial charge in [-0.3, -0.25) is 14.6 Å². The van der Waals surface area contributed by atoms with E-state index in [0.29, 0.717) is 23.4 Å². The van der Waals surface area contributed by atoms with Crippen LogP contribution in [0.15, 0.2) is 48.8 Å². The minimum atomic E-state index is -0.859. The molecule has 0 aliphatic rings. The average molecular weight is 300 g/mol. The van der Waals surface area contributed by atoms with Gasteiger partial charge in [0.15, 0.2) is 0 Å². The highest BCUT2D eigenvalue weighted by atomic mass is 16.5. The summed E-state index contributed by atoms with van der Waals surface area (Å²) in [5.41, 5.74) is 0.981. The molecule has 0 aliphatic carbocycles. The second kappa shape index (κ2) is 7.78. The van der Waals surface area contributed by atoms with Gasteiger partial charge in [-0.2, -0.15) is 0 Å². The summed E-state index contributed by atoms with van der Waals surface area (Å²) in [5, 5.41) is 11.3. The molecule has 0 bridgehead atoms. The number of nitrogens with zero attached hydrogens (tertiary/aromatic N) is 1. The second-order valence-electron chi connectivity index (χ2n) is 4.54. The highest BCUT2D eigenvalue weighted by Crippen LogP contribution is 2.24. The third-order valence-corrected chi connectivity index (χ3v) is 2.85.